The maximum Gasteiger partial charge on any atom is 0.340 e. The molecule has 13 heteroatoms. The van der Waals surface area contributed by atoms with Crippen molar-refractivity contribution in [3.05, 3.63) is 53.4 Å². The molecule has 4 aliphatic heterocycles. The van der Waals surface area contributed by atoms with Crippen LogP contribution in [0.25, 0.3) is 0 Å². The number of unbranched alkanes of at least 4 members (excludes halogenated alkanes) is 1. The first kappa shape index (κ1) is 33.5. The van der Waals surface area contributed by atoms with Crippen LogP contribution in [0.15, 0.2) is 24.3 Å². The molecule has 1 aromatic rings. The van der Waals surface area contributed by atoms with Crippen molar-refractivity contribution in [3.63, 3.8) is 0 Å². The number of hydrogen-bond donors (Lipinski definition) is 0. The monoisotopic (exact) mass is 644 g/mol. The molecule has 0 radical (unpaired) electrons. The molecule has 4 heterocycles. The standard InChI is InChI=1S/C32H37F5O8/c1-17-15-19-20(16-21(41-19)28(38)42-27-25(36)23(34)22(33)24(35)26(27)37)44-32(17)13-12-31(45-32)11-8-10-18(43-31)9-6-5-7-14-40-29(39)30(2,3)4/h6,8-9,11,17-21H,5,7,10,12-16H2,1-4H3/b9-6+/t17-,18+,19-,20-,21+,31-,32+/m0/s1. The van der Waals surface area contributed by atoms with E-state index in [1.54, 1.807) is 20.8 Å². The Labute approximate surface area is 257 Å². The largest absolute Gasteiger partial charge is 0.465 e. The SMILES string of the molecule is C[C@H]1C[C@@H]2O[C@@H](C(=O)Oc3c(F)c(F)c(F)c(F)c3F)C[C@@H]2O[C@@]12CC[C@]1(C=CC[C@@H](/C=C/CCCOC(=O)C(C)(C)C)O1)O2. The van der Waals surface area contributed by atoms with Gasteiger partial charge in [-0.3, -0.25) is 4.79 Å². The van der Waals surface area contributed by atoms with E-state index in [0.717, 1.165) is 0 Å². The summed E-state index contributed by atoms with van der Waals surface area (Å²) in [7, 11) is 0. The molecular weight excluding hydrogens is 607 g/mol. The lowest BCUT2D eigenvalue weighted by molar-refractivity contribution is -0.355. The average molecular weight is 645 g/mol. The predicted molar refractivity (Wildman–Crippen MR) is 147 cm³/mol. The highest BCUT2D eigenvalue weighted by atomic mass is 19.2. The van der Waals surface area contributed by atoms with Crippen LogP contribution >= 0.6 is 0 Å². The Morgan fingerprint density at radius 1 is 0.978 bits per heavy atom. The maximum atomic E-state index is 14.1. The van der Waals surface area contributed by atoms with Crippen LogP contribution in [-0.4, -0.2) is 54.5 Å². The minimum absolute atomic E-state index is 0.0726. The number of halogens is 5. The van der Waals surface area contributed by atoms with Gasteiger partial charge in [-0.2, -0.15) is 8.78 Å². The molecule has 0 aromatic heterocycles. The van der Waals surface area contributed by atoms with E-state index in [0.29, 0.717) is 45.1 Å². The molecule has 3 fully saturated rings. The van der Waals surface area contributed by atoms with Crippen molar-refractivity contribution in [1.82, 2.24) is 0 Å². The Bertz CT molecular complexity index is 1350. The lowest BCUT2D eigenvalue weighted by atomic mass is 9.86. The summed E-state index contributed by atoms with van der Waals surface area (Å²) in [4.78, 5) is 24.6. The van der Waals surface area contributed by atoms with E-state index in [9.17, 15) is 31.5 Å². The molecule has 0 unspecified atom stereocenters. The molecule has 7 atom stereocenters. The van der Waals surface area contributed by atoms with E-state index in [-0.39, 0.29) is 24.4 Å². The zero-order valence-corrected chi connectivity index (χ0v) is 25.5. The average Bonchev–Trinajstić information content (AvgIpc) is 3.56. The summed E-state index contributed by atoms with van der Waals surface area (Å²) in [5.41, 5.74) is -0.542. The maximum absolute atomic E-state index is 14.1. The minimum Gasteiger partial charge on any atom is -0.465 e. The normalized spacial score (nSPS) is 32.9. The number of hydrogen-bond acceptors (Lipinski definition) is 8. The summed E-state index contributed by atoms with van der Waals surface area (Å²) in [5, 5.41) is 0. The van der Waals surface area contributed by atoms with E-state index in [1.807, 2.05) is 31.2 Å². The van der Waals surface area contributed by atoms with Crippen LogP contribution in [0.5, 0.6) is 5.75 Å². The van der Waals surface area contributed by atoms with Crippen molar-refractivity contribution in [2.45, 2.75) is 109 Å². The van der Waals surface area contributed by atoms with Gasteiger partial charge in [-0.25, -0.2) is 18.0 Å². The van der Waals surface area contributed by atoms with Gasteiger partial charge in [0, 0.05) is 25.2 Å². The number of carbonyl (C=O) groups excluding carboxylic acids is 2. The summed E-state index contributed by atoms with van der Waals surface area (Å²) < 4.78 is 104. The molecule has 45 heavy (non-hydrogen) atoms. The number of allylic oxidation sites excluding steroid dienone is 1. The highest BCUT2D eigenvalue weighted by Crippen LogP contribution is 2.52. The minimum atomic E-state index is -2.36. The summed E-state index contributed by atoms with van der Waals surface area (Å²) in [6, 6.07) is 0. The zero-order valence-electron chi connectivity index (χ0n) is 25.5. The summed E-state index contributed by atoms with van der Waals surface area (Å²) in [6.45, 7) is 7.66. The Morgan fingerprint density at radius 3 is 2.36 bits per heavy atom. The molecule has 0 aliphatic carbocycles. The van der Waals surface area contributed by atoms with Crippen LogP contribution in [0.1, 0.15) is 72.6 Å². The third-order valence-corrected chi connectivity index (χ3v) is 8.49. The van der Waals surface area contributed by atoms with E-state index in [2.05, 4.69) is 4.74 Å². The second-order valence-electron chi connectivity index (χ2n) is 13.0. The first-order valence-corrected chi connectivity index (χ1v) is 15.1. The fourth-order valence-corrected chi connectivity index (χ4v) is 5.99. The van der Waals surface area contributed by atoms with Crippen molar-refractivity contribution in [3.8, 4) is 5.75 Å². The molecule has 4 aliphatic rings. The quantitative estimate of drug-likeness (QED) is 0.0646. The number of rotatable bonds is 7. The molecule has 0 bridgehead atoms. The second-order valence-corrected chi connectivity index (χ2v) is 13.0. The van der Waals surface area contributed by atoms with Gasteiger partial charge in [-0.05, 0) is 52.5 Å². The van der Waals surface area contributed by atoms with E-state index in [1.165, 1.54) is 0 Å². The van der Waals surface area contributed by atoms with Crippen LogP contribution in [0.2, 0.25) is 0 Å². The van der Waals surface area contributed by atoms with Gasteiger partial charge in [0.2, 0.25) is 34.8 Å². The van der Waals surface area contributed by atoms with Gasteiger partial charge in [-0.15, -0.1) is 0 Å². The van der Waals surface area contributed by atoms with Crippen LogP contribution in [0, 0.1) is 40.4 Å². The molecule has 0 amide bonds. The van der Waals surface area contributed by atoms with Gasteiger partial charge in [-0.1, -0.05) is 25.2 Å². The highest BCUT2D eigenvalue weighted by Gasteiger charge is 2.60. The number of fused-ring (bicyclic) bond motifs is 1. The fraction of sp³-hybridized carbons (Fsp3) is 0.625. The molecule has 0 saturated carbocycles. The van der Waals surface area contributed by atoms with Gasteiger partial charge < -0.3 is 28.4 Å². The topological polar surface area (TPSA) is 89.5 Å². The highest BCUT2D eigenvalue weighted by molar-refractivity contribution is 5.78. The van der Waals surface area contributed by atoms with Crippen LogP contribution < -0.4 is 4.74 Å². The molecule has 248 valence electrons. The first-order valence-electron chi connectivity index (χ1n) is 15.1. The van der Waals surface area contributed by atoms with E-state index >= 15 is 0 Å². The number of carbonyl (C=O) groups is 2. The van der Waals surface area contributed by atoms with E-state index in [4.69, 9.17) is 23.7 Å². The van der Waals surface area contributed by atoms with Crippen molar-refractivity contribution in [2.75, 3.05) is 6.61 Å². The van der Waals surface area contributed by atoms with Gasteiger partial charge >= 0.3 is 11.9 Å². The Morgan fingerprint density at radius 2 is 1.67 bits per heavy atom. The molecule has 5 rings (SSSR count). The van der Waals surface area contributed by atoms with Crippen molar-refractivity contribution in [1.29, 1.82) is 0 Å². The molecule has 1 aromatic carbocycles. The van der Waals surface area contributed by atoms with E-state index < -0.39 is 76.1 Å². The van der Waals surface area contributed by atoms with Gasteiger partial charge in [0.15, 0.2) is 17.7 Å². The first-order chi connectivity index (χ1) is 21.1. The molecule has 8 nitrogen and oxygen atoms in total. The smallest absolute Gasteiger partial charge is 0.340 e. The lowest BCUT2D eigenvalue weighted by Crippen LogP contribution is -2.53. The number of ether oxygens (including phenoxy) is 6. The van der Waals surface area contributed by atoms with Crippen molar-refractivity contribution < 1.29 is 60.0 Å². The predicted octanol–water partition coefficient (Wildman–Crippen LogP) is 6.34. The zero-order chi connectivity index (χ0) is 32.7. The van der Waals surface area contributed by atoms with Gasteiger partial charge in [0.1, 0.15) is 0 Å². The molecule has 3 saturated heterocycles. The summed E-state index contributed by atoms with van der Waals surface area (Å²) >= 11 is 0. The third kappa shape index (κ3) is 6.81. The summed E-state index contributed by atoms with van der Waals surface area (Å²) in [5.74, 6) is -16.8. The van der Waals surface area contributed by atoms with Crippen LogP contribution in [0.4, 0.5) is 22.0 Å². The molecule has 2 spiro atoms. The van der Waals surface area contributed by atoms with Crippen molar-refractivity contribution in [2.24, 2.45) is 11.3 Å². The second kappa shape index (κ2) is 12.7. The molecular formula is C32H37F5O8. The third-order valence-electron chi connectivity index (χ3n) is 8.49. The number of benzene rings is 1. The van der Waals surface area contributed by atoms with Crippen molar-refractivity contribution >= 4 is 11.9 Å². The lowest BCUT2D eigenvalue weighted by Gasteiger charge is -2.45. The Hall–Kier alpha value is -2.87. The molecule has 0 N–H and O–H groups in total. The van der Waals surface area contributed by atoms with Gasteiger partial charge in [0.25, 0.3) is 0 Å². The summed E-state index contributed by atoms with van der Waals surface area (Å²) in [6.07, 6.45) is 8.33. The Balaban J connectivity index is 1.16. The van der Waals surface area contributed by atoms with Crippen LogP contribution in [-0.2, 0) is 33.3 Å². The number of esters is 2. The van der Waals surface area contributed by atoms with Crippen LogP contribution in [0.3, 0.4) is 0 Å². The Kier molecular flexibility index (Phi) is 9.48. The fourth-order valence-electron chi connectivity index (χ4n) is 5.99. The van der Waals surface area contributed by atoms with Gasteiger partial charge in [0.05, 0.1) is 30.3 Å².